The van der Waals surface area contributed by atoms with Gasteiger partial charge in [-0.15, -0.1) is 0 Å². The third-order valence-electron chi connectivity index (χ3n) is 6.03. The van der Waals surface area contributed by atoms with Gasteiger partial charge in [-0.1, -0.05) is 0 Å². The summed E-state index contributed by atoms with van der Waals surface area (Å²) < 4.78 is 0. The van der Waals surface area contributed by atoms with Crippen LogP contribution in [0.4, 0.5) is 0 Å². The lowest BCUT2D eigenvalue weighted by Gasteiger charge is -2.44. The van der Waals surface area contributed by atoms with Crippen LogP contribution >= 0.6 is 0 Å². The number of hydrogen-bond acceptors (Lipinski definition) is 3. The largest absolute Gasteiger partial charge is 0.395 e. The molecule has 2 saturated heterocycles. The molecule has 110 valence electrons. The Balaban J connectivity index is 1.47. The summed E-state index contributed by atoms with van der Waals surface area (Å²) in [5.41, 5.74) is 0.698. The molecular formula is C16H30N2O. The van der Waals surface area contributed by atoms with Gasteiger partial charge in [-0.3, -0.25) is 4.90 Å². The molecule has 0 bridgehead atoms. The maximum absolute atomic E-state index is 9.42. The minimum absolute atomic E-state index is 0.363. The van der Waals surface area contributed by atoms with E-state index in [1.165, 1.54) is 77.5 Å². The van der Waals surface area contributed by atoms with Gasteiger partial charge in [0.05, 0.1) is 6.61 Å². The van der Waals surface area contributed by atoms with Crippen LogP contribution in [0.2, 0.25) is 0 Å². The Morgan fingerprint density at radius 1 is 1.05 bits per heavy atom. The van der Waals surface area contributed by atoms with Crippen LogP contribution in [0.1, 0.15) is 51.4 Å². The van der Waals surface area contributed by atoms with E-state index in [1.807, 2.05) is 0 Å². The number of rotatable bonds is 3. The Labute approximate surface area is 117 Å². The molecule has 0 radical (unpaired) electrons. The van der Waals surface area contributed by atoms with E-state index in [4.69, 9.17) is 0 Å². The molecule has 0 unspecified atom stereocenters. The Hall–Kier alpha value is -0.120. The van der Waals surface area contributed by atoms with Crippen molar-refractivity contribution in [2.24, 2.45) is 11.3 Å². The van der Waals surface area contributed by atoms with E-state index in [0.717, 1.165) is 5.92 Å². The van der Waals surface area contributed by atoms with Gasteiger partial charge in [-0.05, 0) is 82.3 Å². The zero-order valence-electron chi connectivity index (χ0n) is 12.2. The summed E-state index contributed by atoms with van der Waals surface area (Å²) in [6.07, 6.45) is 11.1. The number of aliphatic hydroxyl groups excluding tert-OH is 1. The zero-order valence-corrected chi connectivity index (χ0v) is 12.2. The first-order chi connectivity index (χ1) is 9.31. The zero-order chi connectivity index (χ0) is 13.1. The highest BCUT2D eigenvalue weighted by Gasteiger charge is 2.37. The van der Waals surface area contributed by atoms with Crippen LogP contribution < -0.4 is 5.32 Å². The summed E-state index contributed by atoms with van der Waals surface area (Å²) in [4.78, 5) is 2.56. The number of piperidine rings is 1. The highest BCUT2D eigenvalue weighted by atomic mass is 16.3. The molecule has 1 spiro atoms. The lowest BCUT2D eigenvalue weighted by Crippen LogP contribution is -2.42. The van der Waals surface area contributed by atoms with E-state index >= 15 is 0 Å². The Bertz CT molecular complexity index is 278. The average Bonchev–Trinajstić information content (AvgIpc) is 2.90. The van der Waals surface area contributed by atoms with Crippen molar-refractivity contribution in [2.75, 3.05) is 32.8 Å². The molecule has 3 aliphatic rings. The third-order valence-corrected chi connectivity index (χ3v) is 6.03. The highest BCUT2D eigenvalue weighted by molar-refractivity contribution is 4.91. The summed E-state index contributed by atoms with van der Waals surface area (Å²) in [6, 6.07) is 0.467. The van der Waals surface area contributed by atoms with Crippen molar-refractivity contribution in [2.45, 2.75) is 57.4 Å². The molecule has 1 aliphatic carbocycles. The molecule has 0 amide bonds. The topological polar surface area (TPSA) is 35.5 Å². The van der Waals surface area contributed by atoms with Crippen LogP contribution in [0.25, 0.3) is 0 Å². The summed E-state index contributed by atoms with van der Waals surface area (Å²) >= 11 is 0. The predicted octanol–water partition coefficient (Wildman–Crippen LogP) is 2.00. The molecule has 0 aromatic rings. The minimum atomic E-state index is 0.363. The molecule has 0 aromatic carbocycles. The Morgan fingerprint density at radius 3 is 2.47 bits per heavy atom. The van der Waals surface area contributed by atoms with E-state index in [2.05, 4.69) is 10.2 Å². The molecule has 2 heterocycles. The lowest BCUT2D eigenvalue weighted by molar-refractivity contribution is 0.0762. The van der Waals surface area contributed by atoms with E-state index in [-0.39, 0.29) is 0 Å². The Kier molecular flexibility index (Phi) is 4.45. The van der Waals surface area contributed by atoms with Crippen LogP contribution in [0.3, 0.4) is 0 Å². The minimum Gasteiger partial charge on any atom is -0.395 e. The van der Waals surface area contributed by atoms with Crippen molar-refractivity contribution in [3.05, 3.63) is 0 Å². The molecule has 3 nitrogen and oxygen atoms in total. The monoisotopic (exact) mass is 266 g/mol. The van der Waals surface area contributed by atoms with Crippen LogP contribution in [0.5, 0.6) is 0 Å². The van der Waals surface area contributed by atoms with E-state index < -0.39 is 0 Å². The van der Waals surface area contributed by atoms with Gasteiger partial charge >= 0.3 is 0 Å². The number of likely N-dealkylation sites (tertiary alicyclic amines) is 1. The van der Waals surface area contributed by atoms with Gasteiger partial charge in [0.25, 0.3) is 0 Å². The summed E-state index contributed by atoms with van der Waals surface area (Å²) in [7, 11) is 0. The van der Waals surface area contributed by atoms with Crippen LogP contribution in [0, 0.1) is 11.3 Å². The second-order valence-electron chi connectivity index (χ2n) is 7.17. The van der Waals surface area contributed by atoms with Crippen molar-refractivity contribution in [1.29, 1.82) is 0 Å². The molecule has 3 heteroatoms. The molecule has 19 heavy (non-hydrogen) atoms. The maximum Gasteiger partial charge on any atom is 0.0586 e. The first-order valence-corrected chi connectivity index (χ1v) is 8.37. The second kappa shape index (κ2) is 6.11. The maximum atomic E-state index is 9.42. The standard InChI is InChI=1S/C16H30N2O/c19-13-15-2-1-11-18(15)12-14-3-5-16(6-4-14)7-9-17-10-8-16/h14-15,17,19H,1-13H2/t15-/m0/s1. The Morgan fingerprint density at radius 2 is 1.79 bits per heavy atom. The van der Waals surface area contributed by atoms with Gasteiger partial charge in [0.15, 0.2) is 0 Å². The van der Waals surface area contributed by atoms with Crippen molar-refractivity contribution in [3.8, 4) is 0 Å². The second-order valence-corrected chi connectivity index (χ2v) is 7.17. The number of aliphatic hydroxyl groups is 1. The summed E-state index contributed by atoms with van der Waals surface area (Å²) in [6.45, 7) is 5.31. The van der Waals surface area contributed by atoms with E-state index in [9.17, 15) is 5.11 Å². The predicted molar refractivity (Wildman–Crippen MR) is 78.2 cm³/mol. The normalized spacial score (nSPS) is 33.0. The van der Waals surface area contributed by atoms with Crippen molar-refractivity contribution in [1.82, 2.24) is 10.2 Å². The number of nitrogens with zero attached hydrogens (tertiary/aromatic N) is 1. The third kappa shape index (κ3) is 3.14. The first kappa shape index (κ1) is 13.8. The molecule has 1 saturated carbocycles. The molecule has 0 aromatic heterocycles. The molecular weight excluding hydrogens is 236 g/mol. The van der Waals surface area contributed by atoms with Crippen molar-refractivity contribution >= 4 is 0 Å². The fourth-order valence-electron chi connectivity index (χ4n) is 4.60. The average molecular weight is 266 g/mol. The SMILES string of the molecule is OC[C@@H]1CCCN1CC1CCC2(CCNCC2)CC1. The molecule has 2 N–H and O–H groups in total. The van der Waals surface area contributed by atoms with Crippen molar-refractivity contribution < 1.29 is 5.11 Å². The fraction of sp³-hybridized carbons (Fsp3) is 1.00. The van der Waals surface area contributed by atoms with Crippen molar-refractivity contribution in [3.63, 3.8) is 0 Å². The lowest BCUT2D eigenvalue weighted by atomic mass is 9.65. The van der Waals surface area contributed by atoms with Crippen LogP contribution in [-0.2, 0) is 0 Å². The van der Waals surface area contributed by atoms with Gasteiger partial charge in [0.1, 0.15) is 0 Å². The molecule has 2 aliphatic heterocycles. The van der Waals surface area contributed by atoms with Gasteiger partial charge in [-0.25, -0.2) is 0 Å². The molecule has 3 fully saturated rings. The quantitative estimate of drug-likeness (QED) is 0.820. The van der Waals surface area contributed by atoms with Gasteiger partial charge in [0, 0.05) is 12.6 Å². The highest BCUT2D eigenvalue weighted by Crippen LogP contribution is 2.45. The number of nitrogens with one attached hydrogen (secondary N) is 1. The fourth-order valence-corrected chi connectivity index (χ4v) is 4.60. The summed E-state index contributed by atoms with van der Waals surface area (Å²) in [5.74, 6) is 0.896. The summed E-state index contributed by atoms with van der Waals surface area (Å²) in [5, 5.41) is 12.9. The van der Waals surface area contributed by atoms with Crippen LogP contribution in [0.15, 0.2) is 0 Å². The van der Waals surface area contributed by atoms with E-state index in [0.29, 0.717) is 18.1 Å². The van der Waals surface area contributed by atoms with Gasteiger partial charge in [-0.2, -0.15) is 0 Å². The van der Waals surface area contributed by atoms with Gasteiger partial charge < -0.3 is 10.4 Å². The smallest absolute Gasteiger partial charge is 0.0586 e. The molecule has 3 rings (SSSR count). The van der Waals surface area contributed by atoms with Crippen LogP contribution in [-0.4, -0.2) is 48.8 Å². The first-order valence-electron chi connectivity index (χ1n) is 8.37. The van der Waals surface area contributed by atoms with E-state index in [1.54, 1.807) is 0 Å². The van der Waals surface area contributed by atoms with Gasteiger partial charge in [0.2, 0.25) is 0 Å². The molecule has 1 atom stereocenters. The number of hydrogen-bond donors (Lipinski definition) is 2.